The Balaban J connectivity index is 2.90. The van der Waals surface area contributed by atoms with Crippen molar-refractivity contribution in [3.8, 4) is 0 Å². The second-order valence-corrected chi connectivity index (χ2v) is 4.23. The van der Waals surface area contributed by atoms with Gasteiger partial charge in [0.15, 0.2) is 0 Å². The molecule has 0 radical (unpaired) electrons. The summed E-state index contributed by atoms with van der Waals surface area (Å²) >= 11 is 5.71. The molecule has 0 bridgehead atoms. The van der Waals surface area contributed by atoms with Gasteiger partial charge in [-0.05, 0) is 6.54 Å². The molecular formula is C11H16ClN3O3. The Morgan fingerprint density at radius 2 is 2.39 bits per heavy atom. The topological polar surface area (TPSA) is 77.3 Å². The maximum absolute atomic E-state index is 10.9. The van der Waals surface area contributed by atoms with Gasteiger partial charge >= 0.3 is 0 Å². The maximum Gasteiger partial charge on any atom is 0.292 e. The third-order valence-electron chi connectivity index (χ3n) is 2.41. The maximum atomic E-state index is 10.9. The Hall–Kier alpha value is -1.24. The van der Waals surface area contributed by atoms with Crippen molar-refractivity contribution in [1.82, 2.24) is 10.3 Å². The van der Waals surface area contributed by atoms with Crippen LogP contribution in [0.15, 0.2) is 12.3 Å². The molecule has 1 rings (SSSR count). The van der Waals surface area contributed by atoms with Crippen LogP contribution < -0.4 is 5.32 Å². The average Bonchev–Trinajstić information content (AvgIpc) is 2.32. The van der Waals surface area contributed by atoms with E-state index in [9.17, 15) is 10.1 Å². The number of likely N-dealkylation sites (N-methyl/N-ethyl adjacent to an activating group) is 1. The summed E-state index contributed by atoms with van der Waals surface area (Å²) in [5, 5.41) is 14.4. The van der Waals surface area contributed by atoms with Crippen LogP contribution in [-0.2, 0) is 11.2 Å². The standard InChI is InChI=1S/C11H16ClN3O3/c1-3-13-9(7-18-2)5-10-11(15(16)17)4-8(12)6-14-10/h4,6,9,13H,3,5,7H2,1-2H3. The second-order valence-electron chi connectivity index (χ2n) is 3.79. The van der Waals surface area contributed by atoms with Crippen LogP contribution in [-0.4, -0.2) is 36.2 Å². The molecule has 7 heteroatoms. The quantitative estimate of drug-likeness (QED) is 0.605. The number of halogens is 1. The Labute approximate surface area is 110 Å². The van der Waals surface area contributed by atoms with Gasteiger partial charge in [0.1, 0.15) is 5.69 Å². The van der Waals surface area contributed by atoms with Gasteiger partial charge in [-0.1, -0.05) is 18.5 Å². The minimum Gasteiger partial charge on any atom is -0.383 e. The third-order valence-corrected chi connectivity index (χ3v) is 2.62. The SMILES string of the molecule is CCNC(COC)Cc1ncc(Cl)cc1[N+](=O)[O-]. The zero-order valence-electron chi connectivity index (χ0n) is 10.4. The summed E-state index contributed by atoms with van der Waals surface area (Å²) in [5.74, 6) is 0. The molecule has 1 heterocycles. The highest BCUT2D eigenvalue weighted by Gasteiger charge is 2.19. The number of rotatable bonds is 7. The lowest BCUT2D eigenvalue weighted by Gasteiger charge is -2.16. The highest BCUT2D eigenvalue weighted by Crippen LogP contribution is 2.21. The molecule has 0 saturated heterocycles. The Kier molecular flexibility index (Phi) is 5.97. The van der Waals surface area contributed by atoms with E-state index in [2.05, 4.69) is 10.3 Å². The first kappa shape index (κ1) is 14.8. The van der Waals surface area contributed by atoms with Gasteiger partial charge in [-0.25, -0.2) is 0 Å². The summed E-state index contributed by atoms with van der Waals surface area (Å²) in [6.45, 7) is 3.19. The summed E-state index contributed by atoms with van der Waals surface area (Å²) in [7, 11) is 1.59. The van der Waals surface area contributed by atoms with Crippen LogP contribution in [0, 0.1) is 10.1 Å². The van der Waals surface area contributed by atoms with Gasteiger partial charge in [-0.3, -0.25) is 15.1 Å². The lowest BCUT2D eigenvalue weighted by atomic mass is 10.1. The minimum absolute atomic E-state index is 0.00706. The number of nitrogens with zero attached hydrogens (tertiary/aromatic N) is 2. The largest absolute Gasteiger partial charge is 0.383 e. The fourth-order valence-electron chi connectivity index (χ4n) is 1.69. The summed E-state index contributed by atoms with van der Waals surface area (Å²) in [4.78, 5) is 14.5. The molecule has 0 aliphatic carbocycles. The highest BCUT2D eigenvalue weighted by molar-refractivity contribution is 6.30. The zero-order valence-corrected chi connectivity index (χ0v) is 11.1. The predicted molar refractivity (Wildman–Crippen MR) is 68.9 cm³/mol. The molecule has 1 aromatic rings. The minimum atomic E-state index is -0.468. The highest BCUT2D eigenvalue weighted by atomic mass is 35.5. The van der Waals surface area contributed by atoms with Crippen molar-refractivity contribution in [3.05, 3.63) is 33.1 Å². The fraction of sp³-hybridized carbons (Fsp3) is 0.545. The number of hydrogen-bond acceptors (Lipinski definition) is 5. The van der Waals surface area contributed by atoms with Crippen LogP contribution in [0.25, 0.3) is 0 Å². The first-order valence-corrected chi connectivity index (χ1v) is 5.97. The molecule has 0 aliphatic heterocycles. The average molecular weight is 274 g/mol. The van der Waals surface area contributed by atoms with E-state index in [0.29, 0.717) is 18.7 Å². The van der Waals surface area contributed by atoms with Gasteiger partial charge in [0.25, 0.3) is 5.69 Å². The van der Waals surface area contributed by atoms with Gasteiger partial charge < -0.3 is 10.1 Å². The van der Waals surface area contributed by atoms with Crippen LogP contribution in [0.4, 0.5) is 5.69 Å². The van der Waals surface area contributed by atoms with E-state index in [1.165, 1.54) is 12.3 Å². The van der Waals surface area contributed by atoms with Crippen LogP contribution in [0.2, 0.25) is 5.02 Å². The number of hydrogen-bond donors (Lipinski definition) is 1. The lowest BCUT2D eigenvalue weighted by molar-refractivity contribution is -0.386. The smallest absolute Gasteiger partial charge is 0.292 e. The number of pyridine rings is 1. The molecule has 0 spiro atoms. The van der Waals surface area contributed by atoms with Crippen molar-refractivity contribution >= 4 is 17.3 Å². The molecule has 1 unspecified atom stereocenters. The van der Waals surface area contributed by atoms with Crippen LogP contribution in [0.5, 0.6) is 0 Å². The van der Waals surface area contributed by atoms with E-state index in [1.807, 2.05) is 6.92 Å². The molecule has 0 aromatic carbocycles. The van der Waals surface area contributed by atoms with Crippen molar-refractivity contribution in [2.75, 3.05) is 20.3 Å². The van der Waals surface area contributed by atoms with Crippen molar-refractivity contribution in [2.24, 2.45) is 0 Å². The van der Waals surface area contributed by atoms with Crippen LogP contribution >= 0.6 is 11.6 Å². The molecule has 1 N–H and O–H groups in total. The van der Waals surface area contributed by atoms with Crippen LogP contribution in [0.3, 0.4) is 0 Å². The normalized spacial score (nSPS) is 12.4. The molecule has 0 saturated carbocycles. The van der Waals surface area contributed by atoms with Crippen molar-refractivity contribution in [3.63, 3.8) is 0 Å². The van der Waals surface area contributed by atoms with Gasteiger partial charge in [0, 0.05) is 31.8 Å². The van der Waals surface area contributed by atoms with E-state index in [1.54, 1.807) is 7.11 Å². The molecule has 1 aromatic heterocycles. The Bertz CT molecular complexity index is 409. The number of aromatic nitrogens is 1. The van der Waals surface area contributed by atoms with Crippen molar-refractivity contribution < 1.29 is 9.66 Å². The van der Waals surface area contributed by atoms with Crippen LogP contribution in [0.1, 0.15) is 12.6 Å². The van der Waals surface area contributed by atoms with Gasteiger partial charge in [-0.2, -0.15) is 0 Å². The first-order valence-electron chi connectivity index (χ1n) is 5.59. The van der Waals surface area contributed by atoms with Crippen molar-refractivity contribution in [2.45, 2.75) is 19.4 Å². The van der Waals surface area contributed by atoms with Gasteiger partial charge in [-0.15, -0.1) is 0 Å². The predicted octanol–water partition coefficient (Wildman–Crippen LogP) is 1.81. The van der Waals surface area contributed by atoms with Gasteiger partial charge in [0.2, 0.25) is 0 Å². The number of ether oxygens (including phenoxy) is 1. The van der Waals surface area contributed by atoms with E-state index in [-0.39, 0.29) is 16.8 Å². The molecule has 18 heavy (non-hydrogen) atoms. The fourth-order valence-corrected chi connectivity index (χ4v) is 1.84. The molecule has 1 atom stereocenters. The Morgan fingerprint density at radius 1 is 1.67 bits per heavy atom. The molecule has 6 nitrogen and oxygen atoms in total. The molecule has 100 valence electrons. The monoisotopic (exact) mass is 273 g/mol. The van der Waals surface area contributed by atoms with Gasteiger partial charge in [0.05, 0.1) is 16.6 Å². The Morgan fingerprint density at radius 3 is 2.94 bits per heavy atom. The van der Waals surface area contributed by atoms with E-state index >= 15 is 0 Å². The summed E-state index contributed by atoms with van der Waals surface area (Å²) in [6.07, 6.45) is 1.84. The third kappa shape index (κ3) is 4.21. The number of nitro groups is 1. The number of nitrogens with one attached hydrogen (secondary N) is 1. The summed E-state index contributed by atoms with van der Waals surface area (Å²) in [6, 6.07) is 1.31. The molecule has 0 amide bonds. The van der Waals surface area contributed by atoms with E-state index in [0.717, 1.165) is 6.54 Å². The van der Waals surface area contributed by atoms with E-state index in [4.69, 9.17) is 16.3 Å². The molecule has 0 aliphatic rings. The van der Waals surface area contributed by atoms with E-state index < -0.39 is 4.92 Å². The van der Waals surface area contributed by atoms with Crippen molar-refractivity contribution in [1.29, 1.82) is 0 Å². The number of methoxy groups -OCH3 is 1. The second kappa shape index (κ2) is 7.25. The molecular weight excluding hydrogens is 258 g/mol. The zero-order chi connectivity index (χ0) is 13.5. The summed E-state index contributed by atoms with van der Waals surface area (Å²) < 4.78 is 5.07. The molecule has 0 fully saturated rings. The first-order chi connectivity index (χ1) is 8.58. The lowest BCUT2D eigenvalue weighted by Crippen LogP contribution is -2.35. The summed E-state index contributed by atoms with van der Waals surface area (Å²) in [5.41, 5.74) is 0.355.